The number of carbonyl (C=O) groups excluding carboxylic acids is 1. The number of nitrogens with one attached hydrogen (secondary N) is 1. The number of halogens is 1. The molecule has 0 spiro atoms. The zero-order chi connectivity index (χ0) is 17.0. The summed E-state index contributed by atoms with van der Waals surface area (Å²) in [6, 6.07) is 21.1. The molecule has 1 heterocycles. The monoisotopic (exact) mass is 389 g/mol. The third kappa shape index (κ3) is 2.26. The van der Waals surface area contributed by atoms with Gasteiger partial charge in [0.1, 0.15) is 0 Å². The number of carbonyl (C=O) groups is 1. The topological polar surface area (TPSA) is 29.1 Å². The summed E-state index contributed by atoms with van der Waals surface area (Å²) in [5.74, 6) is 0.273. The lowest BCUT2D eigenvalue weighted by Crippen LogP contribution is -2.19. The second-order valence-electron chi connectivity index (χ2n) is 6.67. The summed E-state index contributed by atoms with van der Waals surface area (Å²) in [4.78, 5) is 12.7. The van der Waals surface area contributed by atoms with Crippen molar-refractivity contribution in [2.45, 2.75) is 18.8 Å². The van der Waals surface area contributed by atoms with Crippen LogP contribution >= 0.6 is 15.9 Å². The maximum atomic E-state index is 12.7. The Morgan fingerprint density at radius 3 is 2.56 bits per heavy atom. The van der Waals surface area contributed by atoms with Crippen molar-refractivity contribution in [3.05, 3.63) is 87.5 Å². The van der Waals surface area contributed by atoms with Crippen LogP contribution in [0.1, 0.15) is 29.9 Å². The van der Waals surface area contributed by atoms with Crippen LogP contribution in [-0.4, -0.2) is 5.78 Å². The first-order chi connectivity index (χ1) is 12.2. The number of benzene rings is 3. The maximum Gasteiger partial charge on any atom is 0.161 e. The normalized spacial score (nSPS) is 18.9. The molecule has 0 amide bonds. The average Bonchev–Trinajstić information content (AvgIpc) is 3.01. The summed E-state index contributed by atoms with van der Waals surface area (Å²) in [5.41, 5.74) is 5.56. The number of ketones is 1. The van der Waals surface area contributed by atoms with Crippen molar-refractivity contribution in [1.82, 2.24) is 0 Å². The Bertz CT molecular complexity index is 1050. The van der Waals surface area contributed by atoms with Crippen LogP contribution in [0.5, 0.6) is 0 Å². The minimum atomic E-state index is 0.000417. The van der Waals surface area contributed by atoms with E-state index in [4.69, 9.17) is 0 Å². The van der Waals surface area contributed by atoms with Gasteiger partial charge in [0.15, 0.2) is 5.78 Å². The van der Waals surface area contributed by atoms with E-state index in [1.54, 1.807) is 0 Å². The summed E-state index contributed by atoms with van der Waals surface area (Å²) >= 11 is 3.52. The SMILES string of the molecule is O=C1CCC2=C1C(c1ccc(Br)cc1)c1c(ccc3ccccc13)N2. The van der Waals surface area contributed by atoms with Gasteiger partial charge in [-0.15, -0.1) is 0 Å². The average molecular weight is 390 g/mol. The van der Waals surface area contributed by atoms with Gasteiger partial charge in [-0.3, -0.25) is 4.79 Å². The molecule has 0 aromatic heterocycles. The third-order valence-electron chi connectivity index (χ3n) is 5.26. The van der Waals surface area contributed by atoms with Crippen LogP contribution in [0.2, 0.25) is 0 Å². The fourth-order valence-corrected chi connectivity index (χ4v) is 4.42. The lowest BCUT2D eigenvalue weighted by molar-refractivity contribution is -0.115. The summed E-state index contributed by atoms with van der Waals surface area (Å²) < 4.78 is 1.05. The number of hydrogen-bond acceptors (Lipinski definition) is 2. The Morgan fingerprint density at radius 2 is 1.72 bits per heavy atom. The van der Waals surface area contributed by atoms with Crippen molar-refractivity contribution < 1.29 is 4.79 Å². The number of fused-ring (bicyclic) bond motifs is 3. The van der Waals surface area contributed by atoms with E-state index in [1.165, 1.54) is 21.9 Å². The number of hydrogen-bond donors (Lipinski definition) is 1. The van der Waals surface area contributed by atoms with Crippen molar-refractivity contribution in [1.29, 1.82) is 0 Å². The van der Waals surface area contributed by atoms with Gasteiger partial charge in [0.2, 0.25) is 0 Å². The molecule has 122 valence electrons. The van der Waals surface area contributed by atoms with Crippen LogP contribution in [0.25, 0.3) is 10.8 Å². The van der Waals surface area contributed by atoms with Crippen LogP contribution in [0.15, 0.2) is 76.4 Å². The van der Waals surface area contributed by atoms with Gasteiger partial charge in [0, 0.05) is 33.8 Å². The molecule has 0 saturated carbocycles. The van der Waals surface area contributed by atoms with Crippen molar-refractivity contribution in [3.8, 4) is 0 Å². The van der Waals surface area contributed by atoms with Gasteiger partial charge in [0.05, 0.1) is 0 Å². The Morgan fingerprint density at radius 1 is 0.920 bits per heavy atom. The van der Waals surface area contributed by atoms with Crippen LogP contribution in [0.3, 0.4) is 0 Å². The Balaban J connectivity index is 1.83. The zero-order valence-corrected chi connectivity index (χ0v) is 15.1. The van der Waals surface area contributed by atoms with Gasteiger partial charge in [-0.2, -0.15) is 0 Å². The van der Waals surface area contributed by atoms with E-state index in [0.717, 1.165) is 27.9 Å². The fraction of sp³-hybridized carbons (Fsp3) is 0.136. The van der Waals surface area contributed by atoms with E-state index >= 15 is 0 Å². The molecule has 1 aliphatic heterocycles. The summed E-state index contributed by atoms with van der Waals surface area (Å²) in [6.45, 7) is 0. The standard InChI is InChI=1S/C22H16BrNO/c23-15-8-5-14(6-9-15)20-21-16-4-2-1-3-13(16)7-10-17(21)24-18-11-12-19(25)22(18)20/h1-10,20,24H,11-12H2. The van der Waals surface area contributed by atoms with Crippen LogP contribution < -0.4 is 5.32 Å². The van der Waals surface area contributed by atoms with E-state index in [0.29, 0.717) is 6.42 Å². The minimum absolute atomic E-state index is 0.000417. The van der Waals surface area contributed by atoms with Crippen LogP contribution in [-0.2, 0) is 4.79 Å². The molecule has 2 aliphatic rings. The number of Topliss-reactive ketones (excluding diaryl/α,β-unsaturated/α-hetero) is 1. The van der Waals surface area contributed by atoms with Gasteiger partial charge in [0.25, 0.3) is 0 Å². The second kappa shape index (κ2) is 5.57. The van der Waals surface area contributed by atoms with Crippen LogP contribution in [0, 0.1) is 0 Å². The molecule has 2 nitrogen and oxygen atoms in total. The predicted molar refractivity (Wildman–Crippen MR) is 105 cm³/mol. The van der Waals surface area contributed by atoms with Gasteiger partial charge in [-0.25, -0.2) is 0 Å². The largest absolute Gasteiger partial charge is 0.358 e. The molecule has 0 bridgehead atoms. The van der Waals surface area contributed by atoms with Crippen molar-refractivity contribution in [2.24, 2.45) is 0 Å². The molecule has 1 N–H and O–H groups in total. The highest BCUT2D eigenvalue weighted by atomic mass is 79.9. The van der Waals surface area contributed by atoms with E-state index in [-0.39, 0.29) is 11.7 Å². The summed E-state index contributed by atoms with van der Waals surface area (Å²) in [7, 11) is 0. The van der Waals surface area contributed by atoms with Gasteiger partial charge >= 0.3 is 0 Å². The highest BCUT2D eigenvalue weighted by Crippen LogP contribution is 2.48. The number of allylic oxidation sites excluding steroid dienone is 2. The Hall–Kier alpha value is -2.39. The molecule has 25 heavy (non-hydrogen) atoms. The van der Waals surface area contributed by atoms with Crippen molar-refractivity contribution in [2.75, 3.05) is 5.32 Å². The maximum absolute atomic E-state index is 12.7. The molecule has 3 aromatic rings. The lowest BCUT2D eigenvalue weighted by atomic mass is 9.78. The van der Waals surface area contributed by atoms with Crippen molar-refractivity contribution >= 4 is 38.2 Å². The molecule has 3 heteroatoms. The molecule has 0 saturated heterocycles. The summed E-state index contributed by atoms with van der Waals surface area (Å²) in [5, 5.41) is 5.96. The number of rotatable bonds is 1. The minimum Gasteiger partial charge on any atom is -0.358 e. The molecular formula is C22H16BrNO. The molecule has 0 radical (unpaired) electrons. The Labute approximate surface area is 154 Å². The molecule has 3 aromatic carbocycles. The van der Waals surface area contributed by atoms with E-state index in [1.807, 2.05) is 0 Å². The second-order valence-corrected chi connectivity index (χ2v) is 7.59. The first kappa shape index (κ1) is 14.9. The first-order valence-corrected chi connectivity index (χ1v) is 9.32. The smallest absolute Gasteiger partial charge is 0.161 e. The van der Waals surface area contributed by atoms with Crippen LogP contribution in [0.4, 0.5) is 5.69 Å². The molecule has 1 atom stereocenters. The zero-order valence-electron chi connectivity index (χ0n) is 13.6. The van der Waals surface area contributed by atoms with Crippen molar-refractivity contribution in [3.63, 3.8) is 0 Å². The summed E-state index contributed by atoms with van der Waals surface area (Å²) in [6.07, 6.45) is 1.42. The molecular weight excluding hydrogens is 374 g/mol. The molecule has 1 aliphatic carbocycles. The highest BCUT2D eigenvalue weighted by molar-refractivity contribution is 9.10. The Kier molecular flexibility index (Phi) is 3.32. The predicted octanol–water partition coefficient (Wildman–Crippen LogP) is 5.78. The van der Waals surface area contributed by atoms with Gasteiger partial charge in [-0.05, 0) is 46.5 Å². The quantitative estimate of drug-likeness (QED) is 0.571. The number of anilines is 1. The third-order valence-corrected chi connectivity index (χ3v) is 5.79. The van der Waals surface area contributed by atoms with Gasteiger partial charge in [-0.1, -0.05) is 58.4 Å². The molecule has 0 fully saturated rings. The van der Waals surface area contributed by atoms with Gasteiger partial charge < -0.3 is 5.32 Å². The molecule has 1 unspecified atom stereocenters. The van der Waals surface area contributed by atoms with E-state index in [9.17, 15) is 4.79 Å². The van der Waals surface area contributed by atoms with E-state index < -0.39 is 0 Å². The van der Waals surface area contributed by atoms with E-state index in [2.05, 4.69) is 81.9 Å². The molecule has 5 rings (SSSR count). The highest BCUT2D eigenvalue weighted by Gasteiger charge is 2.37. The lowest BCUT2D eigenvalue weighted by Gasteiger charge is -2.30. The first-order valence-electron chi connectivity index (χ1n) is 8.53. The fourth-order valence-electron chi connectivity index (χ4n) is 4.15.